The molecule has 0 spiro atoms. The molecule has 0 aromatic heterocycles. The summed E-state index contributed by atoms with van der Waals surface area (Å²) in [4.78, 5) is 0. The molecule has 0 bridgehead atoms. The molecule has 1 aliphatic rings. The summed E-state index contributed by atoms with van der Waals surface area (Å²) in [5.41, 5.74) is 2.01. The smallest absolute Gasteiger partial charge is 0.229 e. The van der Waals surface area contributed by atoms with Gasteiger partial charge < -0.3 is 34.6 Å². The van der Waals surface area contributed by atoms with Crippen molar-refractivity contribution in [3.05, 3.63) is 48.5 Å². The molecule has 0 aliphatic carbocycles. The summed E-state index contributed by atoms with van der Waals surface area (Å²) < 4.78 is 16.8. The Labute approximate surface area is 182 Å². The number of benzene rings is 2. The van der Waals surface area contributed by atoms with Gasteiger partial charge in [-0.2, -0.15) is 0 Å². The van der Waals surface area contributed by atoms with Crippen molar-refractivity contribution < 1.29 is 34.6 Å². The lowest BCUT2D eigenvalue weighted by Gasteiger charge is -2.39. The lowest BCUT2D eigenvalue weighted by molar-refractivity contribution is -0.277. The molecule has 0 unspecified atom stereocenters. The van der Waals surface area contributed by atoms with E-state index < -0.39 is 37.3 Å². The molecular formula is C24H32O7. The topological polar surface area (TPSA) is 109 Å². The number of rotatable bonds is 10. The van der Waals surface area contributed by atoms with E-state index in [1.807, 2.05) is 36.4 Å². The van der Waals surface area contributed by atoms with Gasteiger partial charge in [0.1, 0.15) is 35.9 Å². The van der Waals surface area contributed by atoms with Crippen LogP contribution in [-0.2, 0) is 4.74 Å². The fraction of sp³-hybridized carbons (Fsp3) is 0.500. The van der Waals surface area contributed by atoms with Crippen LogP contribution in [0.25, 0.3) is 11.1 Å². The van der Waals surface area contributed by atoms with E-state index in [2.05, 4.69) is 6.92 Å². The number of hydrogen-bond donors (Lipinski definition) is 4. The zero-order chi connectivity index (χ0) is 22.2. The normalized spacial score (nSPS) is 25.9. The van der Waals surface area contributed by atoms with Crippen LogP contribution in [0.4, 0.5) is 0 Å². The van der Waals surface area contributed by atoms with E-state index >= 15 is 0 Å². The Morgan fingerprint density at radius 1 is 0.774 bits per heavy atom. The molecule has 1 saturated heterocycles. The van der Waals surface area contributed by atoms with E-state index in [1.54, 1.807) is 12.1 Å². The minimum Gasteiger partial charge on any atom is -0.494 e. The molecule has 3 rings (SSSR count). The Morgan fingerprint density at radius 3 is 1.97 bits per heavy atom. The minimum absolute atomic E-state index is 0.431. The summed E-state index contributed by atoms with van der Waals surface area (Å²) in [6, 6.07) is 15.1. The van der Waals surface area contributed by atoms with E-state index in [0.29, 0.717) is 5.75 Å². The molecule has 7 nitrogen and oxygen atoms in total. The van der Waals surface area contributed by atoms with Crippen LogP contribution in [0.1, 0.15) is 32.6 Å². The molecule has 2 aromatic rings. The predicted molar refractivity (Wildman–Crippen MR) is 116 cm³/mol. The number of hydrogen-bond acceptors (Lipinski definition) is 7. The van der Waals surface area contributed by atoms with E-state index in [0.717, 1.165) is 29.9 Å². The van der Waals surface area contributed by atoms with Gasteiger partial charge in [-0.3, -0.25) is 0 Å². The van der Waals surface area contributed by atoms with Crippen molar-refractivity contribution in [3.63, 3.8) is 0 Å². The molecule has 170 valence electrons. The van der Waals surface area contributed by atoms with Crippen LogP contribution in [0.3, 0.4) is 0 Å². The summed E-state index contributed by atoms with van der Waals surface area (Å²) >= 11 is 0. The first kappa shape index (κ1) is 23.5. The van der Waals surface area contributed by atoms with E-state index in [4.69, 9.17) is 14.2 Å². The van der Waals surface area contributed by atoms with Crippen LogP contribution in [0, 0.1) is 0 Å². The highest BCUT2D eigenvalue weighted by Gasteiger charge is 2.44. The first-order chi connectivity index (χ1) is 15.0. The van der Waals surface area contributed by atoms with Gasteiger partial charge in [-0.25, -0.2) is 0 Å². The Morgan fingerprint density at radius 2 is 1.39 bits per heavy atom. The van der Waals surface area contributed by atoms with Gasteiger partial charge in [-0.15, -0.1) is 0 Å². The molecule has 31 heavy (non-hydrogen) atoms. The maximum atomic E-state index is 10.1. The molecule has 5 atom stereocenters. The highest BCUT2D eigenvalue weighted by Crippen LogP contribution is 2.27. The average Bonchev–Trinajstić information content (AvgIpc) is 2.80. The predicted octanol–water partition coefficient (Wildman–Crippen LogP) is 2.49. The second-order valence-electron chi connectivity index (χ2n) is 7.77. The van der Waals surface area contributed by atoms with Gasteiger partial charge in [-0.1, -0.05) is 50.5 Å². The number of aliphatic hydroxyl groups excluding tert-OH is 4. The zero-order valence-corrected chi connectivity index (χ0v) is 17.8. The first-order valence-corrected chi connectivity index (χ1v) is 10.8. The Bertz CT molecular complexity index is 776. The van der Waals surface area contributed by atoms with E-state index in [-0.39, 0.29) is 0 Å². The van der Waals surface area contributed by atoms with Gasteiger partial charge in [0, 0.05) is 0 Å². The minimum atomic E-state index is -1.47. The Kier molecular flexibility index (Phi) is 8.69. The Hall–Kier alpha value is -2.16. The fourth-order valence-electron chi connectivity index (χ4n) is 3.49. The largest absolute Gasteiger partial charge is 0.494 e. The summed E-state index contributed by atoms with van der Waals surface area (Å²) in [5.74, 6) is 1.28. The summed E-state index contributed by atoms with van der Waals surface area (Å²) in [6.07, 6.45) is -1.83. The fourth-order valence-corrected chi connectivity index (χ4v) is 3.49. The molecule has 4 N–H and O–H groups in total. The van der Waals surface area contributed by atoms with Crippen molar-refractivity contribution in [2.24, 2.45) is 0 Å². The molecule has 1 fully saturated rings. The van der Waals surface area contributed by atoms with Crippen LogP contribution in [0.5, 0.6) is 11.5 Å². The van der Waals surface area contributed by atoms with Crippen LogP contribution in [0.15, 0.2) is 48.5 Å². The maximum absolute atomic E-state index is 10.1. The quantitative estimate of drug-likeness (QED) is 0.427. The highest BCUT2D eigenvalue weighted by molar-refractivity contribution is 5.64. The van der Waals surface area contributed by atoms with Gasteiger partial charge in [0.2, 0.25) is 6.29 Å². The van der Waals surface area contributed by atoms with Crippen molar-refractivity contribution in [2.75, 3.05) is 13.2 Å². The van der Waals surface area contributed by atoms with Crippen molar-refractivity contribution in [1.82, 2.24) is 0 Å². The number of ether oxygens (including phenoxy) is 3. The number of aliphatic hydroxyl groups is 4. The standard InChI is InChI=1S/C24H32O7/c1-2-3-4-5-14-29-18-10-6-16(7-11-18)17-8-12-19(13-9-17)30-24-23(28)22(27)21(26)20(15-25)31-24/h6-13,20-28H,2-5,14-15H2,1H3/t20-,21-,22+,23-,24-/m1/s1. The van der Waals surface area contributed by atoms with Gasteiger partial charge in [0.15, 0.2) is 0 Å². The molecule has 1 heterocycles. The van der Waals surface area contributed by atoms with Crippen molar-refractivity contribution in [1.29, 1.82) is 0 Å². The zero-order valence-electron chi connectivity index (χ0n) is 17.8. The third kappa shape index (κ3) is 6.18. The third-order valence-electron chi connectivity index (χ3n) is 5.41. The monoisotopic (exact) mass is 432 g/mol. The molecule has 1 aliphatic heterocycles. The number of unbranched alkanes of at least 4 members (excludes halogenated alkanes) is 3. The van der Waals surface area contributed by atoms with E-state index in [1.165, 1.54) is 19.3 Å². The second kappa shape index (κ2) is 11.5. The maximum Gasteiger partial charge on any atom is 0.229 e. The van der Waals surface area contributed by atoms with Crippen LogP contribution in [0.2, 0.25) is 0 Å². The molecule has 0 amide bonds. The van der Waals surface area contributed by atoms with Gasteiger partial charge >= 0.3 is 0 Å². The van der Waals surface area contributed by atoms with Gasteiger partial charge in [-0.05, 0) is 41.8 Å². The van der Waals surface area contributed by atoms with Crippen LogP contribution >= 0.6 is 0 Å². The molecule has 2 aromatic carbocycles. The second-order valence-corrected chi connectivity index (χ2v) is 7.77. The van der Waals surface area contributed by atoms with Gasteiger partial charge in [0.25, 0.3) is 0 Å². The Balaban J connectivity index is 1.56. The van der Waals surface area contributed by atoms with Crippen LogP contribution in [-0.4, -0.2) is 64.3 Å². The lowest BCUT2D eigenvalue weighted by Crippen LogP contribution is -2.60. The molecule has 0 radical (unpaired) electrons. The van der Waals surface area contributed by atoms with Crippen LogP contribution < -0.4 is 9.47 Å². The van der Waals surface area contributed by atoms with Crippen molar-refractivity contribution >= 4 is 0 Å². The first-order valence-electron chi connectivity index (χ1n) is 10.8. The summed E-state index contributed by atoms with van der Waals surface area (Å²) in [6.45, 7) is 2.42. The molecular weight excluding hydrogens is 400 g/mol. The lowest BCUT2D eigenvalue weighted by atomic mass is 9.99. The SMILES string of the molecule is CCCCCCOc1ccc(-c2ccc(O[C@@H]3O[C@H](CO)[C@@H](O)[C@H](O)[C@H]3O)cc2)cc1. The highest BCUT2D eigenvalue weighted by atomic mass is 16.7. The van der Waals surface area contributed by atoms with Crippen molar-refractivity contribution in [3.8, 4) is 22.6 Å². The molecule has 0 saturated carbocycles. The molecule has 7 heteroatoms. The van der Waals surface area contributed by atoms with Crippen molar-refractivity contribution in [2.45, 2.75) is 63.3 Å². The summed E-state index contributed by atoms with van der Waals surface area (Å²) in [7, 11) is 0. The summed E-state index contributed by atoms with van der Waals surface area (Å²) in [5, 5.41) is 39.1. The third-order valence-corrected chi connectivity index (χ3v) is 5.41. The average molecular weight is 433 g/mol. The van der Waals surface area contributed by atoms with Gasteiger partial charge in [0.05, 0.1) is 13.2 Å². The van der Waals surface area contributed by atoms with E-state index in [9.17, 15) is 20.4 Å².